The maximum atomic E-state index is 16.2. The summed E-state index contributed by atoms with van der Waals surface area (Å²) in [6, 6.07) is 4.47. The number of pyridine rings is 1. The Bertz CT molecular complexity index is 1340. The van der Waals surface area contributed by atoms with Gasteiger partial charge in [-0.15, -0.1) is 0 Å². The van der Waals surface area contributed by atoms with Crippen LogP contribution in [0, 0.1) is 18.6 Å². The van der Waals surface area contributed by atoms with Crippen molar-refractivity contribution in [2.24, 2.45) is 0 Å². The molecule has 1 aromatic heterocycles. The molecule has 2 aromatic rings. The van der Waals surface area contributed by atoms with Crippen molar-refractivity contribution in [2.45, 2.75) is 56.0 Å². The number of fused-ring (bicyclic) bond motifs is 1. The predicted molar refractivity (Wildman–Crippen MR) is 125 cm³/mol. The van der Waals surface area contributed by atoms with Gasteiger partial charge in [0.1, 0.15) is 22.9 Å². The number of carbonyl (C=O) groups excluding carboxylic acids is 1. The smallest absolute Gasteiger partial charge is 0.279 e. The minimum Gasteiger partial charge on any atom is -0.380 e. The molecule has 8 nitrogen and oxygen atoms in total. The zero-order valence-corrected chi connectivity index (χ0v) is 20.7. The Morgan fingerprint density at radius 1 is 1.22 bits per heavy atom. The molecule has 36 heavy (non-hydrogen) atoms. The van der Waals surface area contributed by atoms with Crippen LogP contribution in [0.1, 0.15) is 30.5 Å². The first-order chi connectivity index (χ1) is 16.8. The van der Waals surface area contributed by atoms with Gasteiger partial charge in [-0.2, -0.15) is 17.4 Å². The highest BCUT2D eigenvalue weighted by molar-refractivity contribution is 7.87. The van der Waals surface area contributed by atoms with E-state index in [0.29, 0.717) is 12.1 Å². The van der Waals surface area contributed by atoms with Gasteiger partial charge < -0.3 is 10.0 Å². The minimum absolute atomic E-state index is 0.0426. The molecule has 3 aliphatic rings. The fourth-order valence-electron chi connectivity index (χ4n) is 5.38. The maximum absolute atomic E-state index is 16.2. The zero-order valence-electron chi connectivity index (χ0n) is 19.8. The third-order valence-electron chi connectivity index (χ3n) is 7.54. The summed E-state index contributed by atoms with van der Waals surface area (Å²) in [4.78, 5) is 18.5. The molecule has 0 radical (unpaired) electrons. The molecule has 3 atom stereocenters. The fraction of sp³-hybridized carbons (Fsp3) is 0.500. The summed E-state index contributed by atoms with van der Waals surface area (Å²) < 4.78 is 74.6. The second kappa shape index (κ2) is 8.51. The second-order valence-electron chi connectivity index (χ2n) is 10.0. The number of rotatable bonds is 4. The summed E-state index contributed by atoms with van der Waals surface area (Å²) in [5.41, 5.74) is -3.56. The molecule has 12 heteroatoms. The van der Waals surface area contributed by atoms with E-state index in [1.807, 2.05) is 0 Å². The molecule has 0 bridgehead atoms. The Labute approximate surface area is 207 Å². The second-order valence-corrected chi connectivity index (χ2v) is 11.9. The van der Waals surface area contributed by atoms with Crippen LogP contribution in [0.25, 0.3) is 11.3 Å². The van der Waals surface area contributed by atoms with E-state index in [-0.39, 0.29) is 36.1 Å². The highest BCUT2D eigenvalue weighted by Gasteiger charge is 2.62. The number of aryl methyl sites for hydroxylation is 1. The topological polar surface area (TPSA) is 103 Å². The number of hydrogen-bond donors (Lipinski definition) is 2. The van der Waals surface area contributed by atoms with E-state index < -0.39 is 64.2 Å². The largest absolute Gasteiger partial charge is 0.380 e. The van der Waals surface area contributed by atoms with Crippen molar-refractivity contribution in [1.29, 1.82) is 0 Å². The molecule has 3 heterocycles. The van der Waals surface area contributed by atoms with Crippen LogP contribution < -0.4 is 4.72 Å². The lowest BCUT2D eigenvalue weighted by atomic mass is 9.79. The van der Waals surface area contributed by atoms with Crippen LogP contribution in [0.2, 0.25) is 0 Å². The van der Waals surface area contributed by atoms with Crippen molar-refractivity contribution in [3.63, 3.8) is 0 Å². The molecule has 2 N–H and O–H groups in total. The van der Waals surface area contributed by atoms with Crippen LogP contribution in [0.4, 0.5) is 13.2 Å². The van der Waals surface area contributed by atoms with E-state index in [9.17, 15) is 22.7 Å². The summed E-state index contributed by atoms with van der Waals surface area (Å²) in [6.45, 7) is 0.698. The summed E-state index contributed by atoms with van der Waals surface area (Å²) >= 11 is 0. The summed E-state index contributed by atoms with van der Waals surface area (Å²) in [5.74, 6) is -2.21. The number of likely N-dealkylation sites (tertiary alicyclic amines) is 1. The number of benzene rings is 1. The van der Waals surface area contributed by atoms with Crippen LogP contribution in [0.5, 0.6) is 0 Å². The number of nitrogens with one attached hydrogen (secondary N) is 1. The Morgan fingerprint density at radius 2 is 1.94 bits per heavy atom. The third-order valence-corrected chi connectivity index (χ3v) is 9.04. The molecule has 2 aliphatic heterocycles. The van der Waals surface area contributed by atoms with Gasteiger partial charge in [-0.05, 0) is 56.4 Å². The third kappa shape index (κ3) is 4.00. The van der Waals surface area contributed by atoms with Crippen LogP contribution in [0.3, 0.4) is 0 Å². The van der Waals surface area contributed by atoms with E-state index >= 15 is 8.78 Å². The molecule has 0 spiro atoms. The average Bonchev–Trinajstić information content (AvgIpc) is 3.06. The van der Waals surface area contributed by atoms with Crippen LogP contribution in [-0.2, 0) is 21.4 Å². The van der Waals surface area contributed by atoms with Gasteiger partial charge in [0.15, 0.2) is 5.67 Å². The molecule has 3 fully saturated rings. The van der Waals surface area contributed by atoms with Gasteiger partial charge in [0, 0.05) is 18.3 Å². The molecular formula is C24H27F3N4O4S. The molecular weight excluding hydrogens is 497 g/mol. The van der Waals surface area contributed by atoms with Crippen molar-refractivity contribution in [1.82, 2.24) is 18.9 Å². The number of halogens is 3. The summed E-state index contributed by atoms with van der Waals surface area (Å²) in [7, 11) is -2.81. The highest BCUT2D eigenvalue weighted by atomic mass is 32.2. The van der Waals surface area contributed by atoms with Crippen molar-refractivity contribution < 1.29 is 31.5 Å². The minimum atomic E-state index is -4.04. The number of aromatic nitrogens is 1. The predicted octanol–water partition coefficient (Wildman–Crippen LogP) is 1.86. The normalized spacial score (nSPS) is 29.0. The lowest BCUT2D eigenvalue weighted by Gasteiger charge is -2.40. The molecule has 1 unspecified atom stereocenters. The number of aliphatic hydroxyl groups is 1. The van der Waals surface area contributed by atoms with Crippen LogP contribution >= 0.6 is 0 Å². The van der Waals surface area contributed by atoms with Crippen molar-refractivity contribution in [2.75, 3.05) is 20.1 Å². The fourth-order valence-corrected chi connectivity index (χ4v) is 6.63. The van der Waals surface area contributed by atoms with Gasteiger partial charge in [-0.1, -0.05) is 12.1 Å². The number of hydrogen-bond acceptors (Lipinski definition) is 5. The van der Waals surface area contributed by atoms with Gasteiger partial charge in [-0.3, -0.25) is 4.79 Å². The average molecular weight is 525 g/mol. The first-order valence-corrected chi connectivity index (χ1v) is 13.2. The lowest BCUT2D eigenvalue weighted by molar-refractivity contribution is -0.161. The van der Waals surface area contributed by atoms with Gasteiger partial charge in [0.2, 0.25) is 0 Å². The number of alkyl halides is 1. The van der Waals surface area contributed by atoms with E-state index in [4.69, 9.17) is 0 Å². The molecule has 1 saturated carbocycles. The monoisotopic (exact) mass is 524 g/mol. The van der Waals surface area contributed by atoms with Gasteiger partial charge >= 0.3 is 0 Å². The Hall–Kier alpha value is -2.54. The van der Waals surface area contributed by atoms with Gasteiger partial charge in [0.05, 0.1) is 25.2 Å². The van der Waals surface area contributed by atoms with Gasteiger partial charge in [0.25, 0.3) is 16.1 Å². The molecule has 1 aromatic carbocycles. The zero-order chi connectivity index (χ0) is 26.0. The first kappa shape index (κ1) is 25.1. The summed E-state index contributed by atoms with van der Waals surface area (Å²) in [6.07, 6.45) is 0.809. The van der Waals surface area contributed by atoms with E-state index in [1.54, 1.807) is 6.92 Å². The molecule has 194 valence electrons. The number of amides is 1. The quantitative estimate of drug-likeness (QED) is 0.636. The first-order valence-electron chi connectivity index (χ1n) is 11.7. The summed E-state index contributed by atoms with van der Waals surface area (Å²) in [5, 5.41) is 10.7. The maximum Gasteiger partial charge on any atom is 0.279 e. The Morgan fingerprint density at radius 3 is 2.61 bits per heavy atom. The van der Waals surface area contributed by atoms with E-state index in [1.165, 1.54) is 37.4 Å². The van der Waals surface area contributed by atoms with Crippen molar-refractivity contribution in [3.05, 3.63) is 53.2 Å². The van der Waals surface area contributed by atoms with E-state index in [0.717, 1.165) is 9.21 Å². The van der Waals surface area contributed by atoms with Gasteiger partial charge in [-0.25, -0.2) is 18.2 Å². The lowest BCUT2D eigenvalue weighted by Crippen LogP contribution is -2.65. The number of nitrogens with zero attached hydrogens (tertiary/aromatic N) is 3. The molecule has 2 saturated heterocycles. The molecule has 5 rings (SSSR count). The van der Waals surface area contributed by atoms with Crippen molar-refractivity contribution in [3.8, 4) is 11.3 Å². The SMILES string of the molecule is Cc1ccc(F)c(-c2cccc(C[C@H]3[C@H]4NS(=O)(=O)N(C)CC4(F)CN3C(=O)C3(O)CCC3)c2F)n1. The number of carbonyl (C=O) groups is 1. The van der Waals surface area contributed by atoms with Crippen LogP contribution in [-0.4, -0.2) is 77.1 Å². The van der Waals surface area contributed by atoms with Crippen molar-refractivity contribution >= 4 is 16.1 Å². The highest BCUT2D eigenvalue weighted by Crippen LogP contribution is 2.42. The van der Waals surface area contributed by atoms with E-state index in [2.05, 4.69) is 9.71 Å². The Balaban J connectivity index is 1.55. The molecule has 1 amide bonds. The Kier molecular flexibility index (Phi) is 5.94. The molecule has 1 aliphatic carbocycles. The standard InChI is InChI=1S/C24H27F3N4O4S/c1-14-7-8-17(25)20(28-14)16-6-3-5-15(19(16)26)11-18-21-23(27,12-30(2)36(34,35)29-21)13-31(18)22(32)24(33)9-4-10-24/h3,5-8,18,21,29,33H,4,9-13H2,1-2H3/t18-,21+,23?/m0/s1. The van der Waals surface area contributed by atoms with Crippen LogP contribution in [0.15, 0.2) is 30.3 Å².